The van der Waals surface area contributed by atoms with E-state index >= 15 is 0 Å². The molecule has 1 fully saturated rings. The molecule has 0 aliphatic heterocycles. The van der Waals surface area contributed by atoms with Gasteiger partial charge < -0.3 is 5.32 Å². The van der Waals surface area contributed by atoms with Gasteiger partial charge in [-0.1, -0.05) is 13.8 Å². The predicted octanol–water partition coefficient (Wildman–Crippen LogP) is 2.15. The third-order valence-corrected chi connectivity index (χ3v) is 3.41. The molecule has 0 radical (unpaired) electrons. The molecular formula is C12H20N4OS. The number of aromatic amines is 1. The Morgan fingerprint density at radius 2 is 2.22 bits per heavy atom. The molecule has 2 N–H and O–H groups in total. The van der Waals surface area contributed by atoms with Crippen molar-refractivity contribution in [3.05, 3.63) is 10.6 Å². The molecular weight excluding hydrogens is 248 g/mol. The van der Waals surface area contributed by atoms with Crippen molar-refractivity contribution in [3.63, 3.8) is 0 Å². The second kappa shape index (κ2) is 5.22. The third-order valence-electron chi connectivity index (χ3n) is 3.13. The van der Waals surface area contributed by atoms with Crippen molar-refractivity contribution >= 4 is 18.1 Å². The van der Waals surface area contributed by atoms with Crippen molar-refractivity contribution in [3.8, 4) is 0 Å². The van der Waals surface area contributed by atoms with Crippen LogP contribution in [-0.4, -0.2) is 27.2 Å². The van der Waals surface area contributed by atoms with E-state index in [2.05, 4.69) is 29.4 Å². The molecule has 1 amide bonds. The average Bonchev–Trinajstić information content (AvgIpc) is 3.09. The van der Waals surface area contributed by atoms with Crippen LogP contribution >= 0.6 is 12.2 Å². The first kappa shape index (κ1) is 13.3. The van der Waals surface area contributed by atoms with E-state index in [1.165, 1.54) is 0 Å². The molecule has 1 aliphatic rings. The first-order valence-corrected chi connectivity index (χ1v) is 6.86. The lowest BCUT2D eigenvalue weighted by atomic mass is 10.2. The van der Waals surface area contributed by atoms with E-state index in [4.69, 9.17) is 12.2 Å². The van der Waals surface area contributed by atoms with Gasteiger partial charge in [-0.3, -0.25) is 14.5 Å². The zero-order valence-electron chi connectivity index (χ0n) is 11.1. The second-order valence-electron chi connectivity index (χ2n) is 5.35. The molecule has 1 aromatic rings. The van der Waals surface area contributed by atoms with E-state index < -0.39 is 0 Å². The molecule has 1 unspecified atom stereocenters. The minimum Gasteiger partial charge on any atom is -0.354 e. The van der Waals surface area contributed by atoms with E-state index in [1.807, 2.05) is 11.5 Å². The van der Waals surface area contributed by atoms with E-state index in [0.717, 1.165) is 18.7 Å². The fourth-order valence-corrected chi connectivity index (χ4v) is 2.19. The lowest BCUT2D eigenvalue weighted by Crippen LogP contribution is -2.34. The maximum Gasteiger partial charge on any atom is 0.242 e. The molecule has 0 saturated heterocycles. The first-order valence-electron chi connectivity index (χ1n) is 6.45. The summed E-state index contributed by atoms with van der Waals surface area (Å²) in [6.45, 7) is 6.70. The van der Waals surface area contributed by atoms with E-state index in [9.17, 15) is 4.79 Å². The van der Waals surface area contributed by atoms with Gasteiger partial charge in [0.1, 0.15) is 11.9 Å². The lowest BCUT2D eigenvalue weighted by Gasteiger charge is -2.16. The van der Waals surface area contributed by atoms with E-state index in [1.54, 1.807) is 0 Å². The van der Waals surface area contributed by atoms with Gasteiger partial charge in [0.25, 0.3) is 0 Å². The van der Waals surface area contributed by atoms with Crippen LogP contribution in [0.4, 0.5) is 0 Å². The van der Waals surface area contributed by atoms with Crippen LogP contribution in [0.25, 0.3) is 0 Å². The van der Waals surface area contributed by atoms with Gasteiger partial charge in [-0.2, -0.15) is 5.10 Å². The van der Waals surface area contributed by atoms with Crippen LogP contribution in [0.3, 0.4) is 0 Å². The Kier molecular flexibility index (Phi) is 3.85. The number of rotatable bonds is 5. The summed E-state index contributed by atoms with van der Waals surface area (Å²) in [5.41, 5.74) is 0. The summed E-state index contributed by atoms with van der Waals surface area (Å²) in [5.74, 6) is 1.84. The highest BCUT2D eigenvalue weighted by molar-refractivity contribution is 7.71. The van der Waals surface area contributed by atoms with Crippen LogP contribution in [0, 0.1) is 10.7 Å². The molecule has 18 heavy (non-hydrogen) atoms. The fourth-order valence-electron chi connectivity index (χ4n) is 1.89. The Morgan fingerprint density at radius 1 is 1.56 bits per heavy atom. The number of carbonyl (C=O) groups excluding carboxylic acids is 1. The van der Waals surface area contributed by atoms with E-state index in [-0.39, 0.29) is 11.9 Å². The Labute approximate surface area is 112 Å². The van der Waals surface area contributed by atoms with Crippen LogP contribution in [-0.2, 0) is 4.79 Å². The summed E-state index contributed by atoms with van der Waals surface area (Å²) in [4.78, 5) is 12.1. The number of nitrogens with zero attached hydrogens (tertiary/aromatic N) is 2. The van der Waals surface area contributed by atoms with Crippen molar-refractivity contribution in [1.82, 2.24) is 20.1 Å². The van der Waals surface area contributed by atoms with Gasteiger partial charge >= 0.3 is 0 Å². The zero-order valence-corrected chi connectivity index (χ0v) is 11.9. The monoisotopic (exact) mass is 268 g/mol. The molecule has 2 rings (SSSR count). The Bertz CT molecular complexity index is 487. The summed E-state index contributed by atoms with van der Waals surface area (Å²) in [5, 5.41) is 9.97. The highest BCUT2D eigenvalue weighted by Gasteiger charge is 2.31. The zero-order chi connectivity index (χ0) is 13.3. The standard InChI is InChI=1S/C12H20N4OS/c1-7(2)6-13-11(17)8(3)16-10(9-4-5-9)14-15-12(16)18/h7-9H,4-6H2,1-3H3,(H,13,17)(H,15,18). The molecule has 0 bridgehead atoms. The van der Waals surface area contributed by atoms with Gasteiger partial charge in [0.2, 0.25) is 5.91 Å². The molecule has 1 saturated carbocycles. The molecule has 0 aromatic carbocycles. The summed E-state index contributed by atoms with van der Waals surface area (Å²) < 4.78 is 2.38. The smallest absolute Gasteiger partial charge is 0.242 e. The highest BCUT2D eigenvalue weighted by Crippen LogP contribution is 2.39. The van der Waals surface area contributed by atoms with Crippen molar-refractivity contribution in [2.45, 2.75) is 45.6 Å². The maximum atomic E-state index is 12.1. The number of nitrogens with one attached hydrogen (secondary N) is 2. The van der Waals surface area contributed by atoms with Gasteiger partial charge in [0.15, 0.2) is 4.77 Å². The minimum atomic E-state index is -0.300. The van der Waals surface area contributed by atoms with Gasteiger partial charge in [0, 0.05) is 12.5 Å². The normalized spacial score (nSPS) is 16.9. The van der Waals surface area contributed by atoms with Crippen molar-refractivity contribution < 1.29 is 4.79 Å². The van der Waals surface area contributed by atoms with Crippen LogP contribution in [0.2, 0.25) is 0 Å². The van der Waals surface area contributed by atoms with Gasteiger partial charge in [0.05, 0.1) is 0 Å². The number of amides is 1. The molecule has 1 atom stereocenters. The van der Waals surface area contributed by atoms with Gasteiger partial charge in [-0.05, 0) is 37.9 Å². The quantitative estimate of drug-likeness (QED) is 0.804. The van der Waals surface area contributed by atoms with Crippen LogP contribution in [0.5, 0.6) is 0 Å². The second-order valence-corrected chi connectivity index (χ2v) is 5.73. The average molecular weight is 268 g/mol. The molecule has 0 spiro atoms. The molecule has 100 valence electrons. The number of hydrogen-bond donors (Lipinski definition) is 2. The fraction of sp³-hybridized carbons (Fsp3) is 0.750. The van der Waals surface area contributed by atoms with E-state index in [0.29, 0.717) is 23.2 Å². The molecule has 1 aromatic heterocycles. The van der Waals surface area contributed by atoms with Gasteiger partial charge in [-0.25, -0.2) is 0 Å². The minimum absolute atomic E-state index is 0.00287. The van der Waals surface area contributed by atoms with Crippen LogP contribution < -0.4 is 5.32 Å². The maximum absolute atomic E-state index is 12.1. The number of aromatic nitrogens is 3. The SMILES string of the molecule is CC(C)CNC(=O)C(C)n1c(C2CC2)n[nH]c1=S. The molecule has 1 heterocycles. The molecule has 5 nitrogen and oxygen atoms in total. The summed E-state index contributed by atoms with van der Waals surface area (Å²) >= 11 is 5.22. The van der Waals surface area contributed by atoms with Crippen molar-refractivity contribution in [2.75, 3.05) is 6.54 Å². The largest absolute Gasteiger partial charge is 0.354 e. The lowest BCUT2D eigenvalue weighted by molar-refractivity contribution is -0.124. The topological polar surface area (TPSA) is 62.7 Å². The van der Waals surface area contributed by atoms with Crippen molar-refractivity contribution in [1.29, 1.82) is 0 Å². The van der Waals surface area contributed by atoms with Gasteiger partial charge in [-0.15, -0.1) is 0 Å². The Balaban J connectivity index is 2.12. The van der Waals surface area contributed by atoms with Crippen LogP contribution in [0.1, 0.15) is 51.4 Å². The van der Waals surface area contributed by atoms with Crippen molar-refractivity contribution in [2.24, 2.45) is 5.92 Å². The summed E-state index contributed by atoms with van der Waals surface area (Å²) in [7, 11) is 0. The number of carbonyl (C=O) groups is 1. The number of hydrogen-bond acceptors (Lipinski definition) is 3. The Hall–Kier alpha value is -1.17. The number of H-pyrrole nitrogens is 1. The first-order chi connectivity index (χ1) is 8.50. The Morgan fingerprint density at radius 3 is 2.78 bits per heavy atom. The molecule has 1 aliphatic carbocycles. The summed E-state index contributed by atoms with van der Waals surface area (Å²) in [6, 6.07) is -0.300. The highest BCUT2D eigenvalue weighted by atomic mass is 32.1. The molecule has 6 heteroatoms. The van der Waals surface area contributed by atoms with Crippen LogP contribution in [0.15, 0.2) is 0 Å². The predicted molar refractivity (Wildman–Crippen MR) is 71.9 cm³/mol. The summed E-state index contributed by atoms with van der Waals surface area (Å²) in [6.07, 6.45) is 2.28. The third kappa shape index (κ3) is 2.80.